The van der Waals surface area contributed by atoms with Crippen LogP contribution in [-0.4, -0.2) is 4.57 Å². The van der Waals surface area contributed by atoms with Crippen LogP contribution in [0.15, 0.2) is 34.9 Å². The lowest BCUT2D eigenvalue weighted by Gasteiger charge is -2.21. The predicted molar refractivity (Wildman–Crippen MR) is 73.3 cm³/mol. The lowest BCUT2D eigenvalue weighted by molar-refractivity contribution is 0.560. The van der Waals surface area contributed by atoms with E-state index in [-0.39, 0.29) is 11.9 Å². The van der Waals surface area contributed by atoms with Gasteiger partial charge in [-0.2, -0.15) is 0 Å². The smallest absolute Gasteiger partial charge is 0.124 e. The van der Waals surface area contributed by atoms with E-state index in [9.17, 15) is 4.39 Å². The molecule has 2 nitrogen and oxygen atoms in total. The zero-order chi connectivity index (χ0) is 12.7. The Morgan fingerprint density at radius 3 is 2.94 bits per heavy atom. The van der Waals surface area contributed by atoms with Crippen LogP contribution in [0.1, 0.15) is 30.1 Å². The largest absolute Gasteiger partial charge is 0.324 e. The highest BCUT2D eigenvalue weighted by Gasteiger charge is 2.21. The molecule has 3 rings (SSSR count). The molecule has 0 aliphatic heterocycles. The molecule has 1 heterocycles. The molecular formula is C14H14BrFN2. The van der Waals surface area contributed by atoms with E-state index < -0.39 is 0 Å². The number of aromatic nitrogens is 1. The lowest BCUT2D eigenvalue weighted by Crippen LogP contribution is -2.17. The first-order valence-corrected chi connectivity index (χ1v) is 6.87. The second-order valence-corrected chi connectivity index (χ2v) is 5.54. The normalized spacial score (nSPS) is 18.7. The van der Waals surface area contributed by atoms with E-state index in [1.54, 1.807) is 6.07 Å². The minimum atomic E-state index is -0.233. The van der Waals surface area contributed by atoms with Crippen molar-refractivity contribution >= 4 is 15.9 Å². The monoisotopic (exact) mass is 308 g/mol. The van der Waals surface area contributed by atoms with Gasteiger partial charge in [0.25, 0.3) is 0 Å². The molecule has 1 atom stereocenters. The zero-order valence-electron chi connectivity index (χ0n) is 9.87. The quantitative estimate of drug-likeness (QED) is 0.855. The number of halogens is 2. The summed E-state index contributed by atoms with van der Waals surface area (Å²) < 4.78 is 16.0. The first-order valence-electron chi connectivity index (χ1n) is 6.08. The first-order chi connectivity index (χ1) is 8.66. The van der Waals surface area contributed by atoms with Gasteiger partial charge < -0.3 is 10.3 Å². The van der Waals surface area contributed by atoms with Gasteiger partial charge in [0.05, 0.1) is 5.69 Å². The van der Waals surface area contributed by atoms with Crippen LogP contribution in [0.3, 0.4) is 0 Å². The van der Waals surface area contributed by atoms with E-state index in [4.69, 9.17) is 5.73 Å². The Labute approximate surface area is 114 Å². The van der Waals surface area contributed by atoms with E-state index in [0.717, 1.165) is 29.4 Å². The van der Waals surface area contributed by atoms with Crippen molar-refractivity contribution in [3.8, 4) is 5.69 Å². The molecule has 2 aromatic rings. The Balaban J connectivity index is 2.12. The molecule has 94 valence electrons. The van der Waals surface area contributed by atoms with Gasteiger partial charge in [-0.05, 0) is 65.0 Å². The molecule has 0 saturated carbocycles. The highest BCUT2D eigenvalue weighted by molar-refractivity contribution is 9.10. The molecule has 1 aliphatic carbocycles. The highest BCUT2D eigenvalue weighted by Crippen LogP contribution is 2.32. The Bertz CT molecular complexity index is 591. The summed E-state index contributed by atoms with van der Waals surface area (Å²) in [5.41, 5.74) is 9.55. The molecule has 0 spiro atoms. The summed E-state index contributed by atoms with van der Waals surface area (Å²) in [6, 6.07) is 6.98. The average molecular weight is 309 g/mol. The maximum Gasteiger partial charge on any atom is 0.124 e. The summed E-state index contributed by atoms with van der Waals surface area (Å²) >= 11 is 3.42. The molecule has 4 heteroatoms. The molecular weight excluding hydrogens is 295 g/mol. The summed E-state index contributed by atoms with van der Waals surface area (Å²) in [5, 5.41) is 0. The maximum atomic E-state index is 13.1. The molecule has 1 aromatic carbocycles. The minimum absolute atomic E-state index is 0.134. The zero-order valence-corrected chi connectivity index (χ0v) is 11.5. The number of fused-ring (bicyclic) bond motifs is 1. The van der Waals surface area contributed by atoms with Crippen molar-refractivity contribution in [1.29, 1.82) is 0 Å². The van der Waals surface area contributed by atoms with Gasteiger partial charge in [-0.15, -0.1) is 0 Å². The van der Waals surface area contributed by atoms with Crippen LogP contribution in [-0.2, 0) is 6.42 Å². The van der Waals surface area contributed by atoms with Crippen molar-refractivity contribution in [3.63, 3.8) is 0 Å². The van der Waals surface area contributed by atoms with E-state index in [2.05, 4.69) is 26.6 Å². The minimum Gasteiger partial charge on any atom is -0.324 e. The third kappa shape index (κ3) is 1.89. The van der Waals surface area contributed by atoms with Crippen LogP contribution in [0, 0.1) is 5.82 Å². The molecule has 0 fully saturated rings. The van der Waals surface area contributed by atoms with Crippen molar-refractivity contribution in [1.82, 2.24) is 4.57 Å². The summed E-state index contributed by atoms with van der Waals surface area (Å²) in [6.07, 6.45) is 5.20. The topological polar surface area (TPSA) is 30.9 Å². The van der Waals surface area contributed by atoms with Gasteiger partial charge in [-0.1, -0.05) is 0 Å². The maximum absolute atomic E-state index is 13.1. The molecule has 0 bridgehead atoms. The van der Waals surface area contributed by atoms with Crippen LogP contribution in [0.2, 0.25) is 0 Å². The van der Waals surface area contributed by atoms with Gasteiger partial charge in [0.2, 0.25) is 0 Å². The molecule has 1 aliphatic rings. The van der Waals surface area contributed by atoms with Gasteiger partial charge >= 0.3 is 0 Å². The van der Waals surface area contributed by atoms with Crippen molar-refractivity contribution < 1.29 is 4.39 Å². The summed E-state index contributed by atoms with van der Waals surface area (Å²) in [7, 11) is 0. The Kier molecular flexibility index (Phi) is 2.99. The summed E-state index contributed by atoms with van der Waals surface area (Å²) in [4.78, 5) is 0. The van der Waals surface area contributed by atoms with Crippen molar-refractivity contribution in [3.05, 3.63) is 52.0 Å². The van der Waals surface area contributed by atoms with Gasteiger partial charge in [0.1, 0.15) is 5.82 Å². The Morgan fingerprint density at radius 2 is 2.17 bits per heavy atom. The van der Waals surface area contributed by atoms with Crippen LogP contribution in [0.5, 0.6) is 0 Å². The Hall–Kier alpha value is -1.13. The van der Waals surface area contributed by atoms with E-state index in [0.29, 0.717) is 0 Å². The van der Waals surface area contributed by atoms with Crippen LogP contribution < -0.4 is 5.73 Å². The Morgan fingerprint density at radius 1 is 1.33 bits per heavy atom. The number of nitrogens with zero attached hydrogens (tertiary/aromatic N) is 1. The molecule has 1 unspecified atom stereocenters. The van der Waals surface area contributed by atoms with Gasteiger partial charge in [0.15, 0.2) is 0 Å². The second-order valence-electron chi connectivity index (χ2n) is 4.68. The first kappa shape index (κ1) is 11.9. The third-order valence-corrected chi connectivity index (χ3v) is 4.16. The number of hydrogen-bond acceptors (Lipinski definition) is 1. The van der Waals surface area contributed by atoms with Crippen molar-refractivity contribution in [2.45, 2.75) is 25.3 Å². The number of rotatable bonds is 1. The van der Waals surface area contributed by atoms with Gasteiger partial charge in [-0.3, -0.25) is 0 Å². The van der Waals surface area contributed by atoms with E-state index >= 15 is 0 Å². The standard InChI is InChI=1S/C14H14BrFN2/c15-11-8-9(16)4-5-14(11)18-7-6-10-12(17)2-1-3-13(10)18/h4-8,12H,1-3,17H2. The molecule has 2 N–H and O–H groups in total. The van der Waals surface area contributed by atoms with Crippen molar-refractivity contribution in [2.24, 2.45) is 5.73 Å². The summed E-state index contributed by atoms with van der Waals surface area (Å²) in [5.74, 6) is -0.233. The number of benzene rings is 1. The molecule has 0 saturated heterocycles. The second kappa shape index (κ2) is 4.52. The average Bonchev–Trinajstić information content (AvgIpc) is 2.74. The van der Waals surface area contributed by atoms with Crippen molar-refractivity contribution in [2.75, 3.05) is 0 Å². The molecule has 0 radical (unpaired) electrons. The molecule has 1 aromatic heterocycles. The van der Waals surface area contributed by atoms with Crippen LogP contribution in [0.4, 0.5) is 4.39 Å². The fourth-order valence-corrected chi connectivity index (χ4v) is 3.17. The SMILES string of the molecule is NC1CCCc2c1ccn2-c1ccc(F)cc1Br. The fourth-order valence-electron chi connectivity index (χ4n) is 2.63. The van der Waals surface area contributed by atoms with E-state index in [1.807, 2.05) is 6.20 Å². The third-order valence-electron chi connectivity index (χ3n) is 3.52. The number of hydrogen-bond donors (Lipinski definition) is 1. The van der Waals surface area contributed by atoms with Crippen LogP contribution in [0.25, 0.3) is 5.69 Å². The number of nitrogens with two attached hydrogens (primary N) is 1. The lowest BCUT2D eigenvalue weighted by atomic mass is 9.93. The predicted octanol–water partition coefficient (Wildman–Crippen LogP) is 3.72. The fraction of sp³-hybridized carbons (Fsp3) is 0.286. The van der Waals surface area contributed by atoms with Gasteiger partial charge in [0, 0.05) is 22.4 Å². The van der Waals surface area contributed by atoms with Crippen LogP contribution >= 0.6 is 15.9 Å². The molecule has 0 amide bonds. The van der Waals surface area contributed by atoms with Gasteiger partial charge in [-0.25, -0.2) is 4.39 Å². The molecule has 18 heavy (non-hydrogen) atoms. The summed E-state index contributed by atoms with van der Waals surface area (Å²) in [6.45, 7) is 0. The highest BCUT2D eigenvalue weighted by atomic mass is 79.9. The van der Waals surface area contributed by atoms with E-state index in [1.165, 1.54) is 23.4 Å².